The Morgan fingerprint density at radius 3 is 2.29 bits per heavy atom. The Morgan fingerprint density at radius 2 is 1.64 bits per heavy atom. The largest absolute Gasteiger partial charge is 0.493 e. The molecule has 28 heavy (non-hydrogen) atoms. The minimum atomic E-state index is -0.369. The molecule has 1 heterocycles. The maximum absolute atomic E-state index is 12.5. The van der Waals surface area contributed by atoms with Gasteiger partial charge < -0.3 is 15.9 Å². The molecule has 2 aromatic carbocycles. The quantitative estimate of drug-likeness (QED) is 0.633. The Morgan fingerprint density at radius 1 is 0.964 bits per heavy atom. The predicted molar refractivity (Wildman–Crippen MR) is 111 cm³/mol. The van der Waals surface area contributed by atoms with Crippen LogP contribution in [-0.4, -0.2) is 20.6 Å². The molecular formula is C22H25N3O3. The van der Waals surface area contributed by atoms with Crippen LogP contribution in [0.15, 0.2) is 59.4 Å². The number of hydrogen-bond acceptors (Lipinski definition) is 4. The van der Waals surface area contributed by atoms with Gasteiger partial charge in [0.25, 0.3) is 5.56 Å². The topological polar surface area (TPSA) is 110 Å². The van der Waals surface area contributed by atoms with E-state index in [1.807, 2.05) is 42.5 Å². The van der Waals surface area contributed by atoms with Gasteiger partial charge >= 0.3 is 0 Å². The van der Waals surface area contributed by atoms with Crippen molar-refractivity contribution in [2.24, 2.45) is 0 Å². The van der Waals surface area contributed by atoms with Crippen molar-refractivity contribution in [3.05, 3.63) is 70.5 Å². The Kier molecular flexibility index (Phi) is 6.11. The first-order valence-electron chi connectivity index (χ1n) is 9.46. The molecule has 1 fully saturated rings. The highest BCUT2D eigenvalue weighted by atomic mass is 16.3. The molecule has 1 aromatic heterocycles. The van der Waals surface area contributed by atoms with E-state index in [1.165, 1.54) is 37.7 Å². The zero-order chi connectivity index (χ0) is 18.6. The number of nitrogens with zero attached hydrogens (tertiary/aromatic N) is 1. The molecule has 6 nitrogen and oxygen atoms in total. The number of para-hydroxylation sites is 1. The van der Waals surface area contributed by atoms with Gasteiger partial charge in [-0.25, -0.2) is 0 Å². The zero-order valence-electron chi connectivity index (χ0n) is 15.6. The van der Waals surface area contributed by atoms with Crippen LogP contribution in [0.3, 0.4) is 0 Å². The van der Waals surface area contributed by atoms with E-state index in [9.17, 15) is 9.90 Å². The molecule has 0 spiro atoms. The fraction of sp³-hybridized carbons (Fsp3) is 0.273. The van der Waals surface area contributed by atoms with Gasteiger partial charge in [-0.3, -0.25) is 9.78 Å². The van der Waals surface area contributed by atoms with Crippen LogP contribution in [0.25, 0.3) is 11.1 Å². The van der Waals surface area contributed by atoms with Crippen molar-refractivity contribution in [2.45, 2.75) is 38.0 Å². The number of aromatic nitrogens is 2. The van der Waals surface area contributed by atoms with E-state index >= 15 is 0 Å². The van der Waals surface area contributed by atoms with Gasteiger partial charge in [-0.1, -0.05) is 61.7 Å². The highest BCUT2D eigenvalue weighted by Crippen LogP contribution is 2.34. The summed E-state index contributed by atoms with van der Waals surface area (Å²) in [5.41, 5.74) is 2.59. The number of aromatic amines is 1. The lowest BCUT2D eigenvalue weighted by Crippen LogP contribution is -2.13. The van der Waals surface area contributed by atoms with Crippen molar-refractivity contribution >= 4 is 11.6 Å². The summed E-state index contributed by atoms with van der Waals surface area (Å²) in [6.07, 6.45) is 6.35. The normalized spacial score (nSPS) is 14.3. The molecule has 1 aliphatic rings. The molecule has 0 bridgehead atoms. The monoisotopic (exact) mass is 379 g/mol. The van der Waals surface area contributed by atoms with E-state index in [4.69, 9.17) is 0 Å². The Hall–Kier alpha value is -3.12. The van der Waals surface area contributed by atoms with Crippen molar-refractivity contribution < 1.29 is 10.6 Å². The number of rotatable bonds is 4. The number of aromatic hydroxyl groups is 1. The summed E-state index contributed by atoms with van der Waals surface area (Å²) in [6, 6.07) is 17.3. The molecule has 0 atom stereocenters. The number of hydrogen-bond donors (Lipinski definition) is 3. The molecule has 1 aliphatic carbocycles. The summed E-state index contributed by atoms with van der Waals surface area (Å²) in [5, 5.41) is 13.3. The van der Waals surface area contributed by atoms with Crippen molar-refractivity contribution in [1.82, 2.24) is 9.97 Å². The number of nitrogens with one attached hydrogen (secondary N) is 2. The third kappa shape index (κ3) is 4.23. The van der Waals surface area contributed by atoms with Crippen molar-refractivity contribution in [3.63, 3.8) is 0 Å². The molecule has 0 amide bonds. The lowest BCUT2D eigenvalue weighted by atomic mass is 9.84. The highest BCUT2D eigenvalue weighted by Gasteiger charge is 2.17. The molecule has 5 N–H and O–H groups in total. The summed E-state index contributed by atoms with van der Waals surface area (Å²) in [4.78, 5) is 19.4. The van der Waals surface area contributed by atoms with Gasteiger partial charge in [0.05, 0.1) is 0 Å². The van der Waals surface area contributed by atoms with Gasteiger partial charge in [-0.05, 0) is 42.0 Å². The van der Waals surface area contributed by atoms with Crippen LogP contribution >= 0.6 is 0 Å². The zero-order valence-corrected chi connectivity index (χ0v) is 15.6. The summed E-state index contributed by atoms with van der Waals surface area (Å²) in [5.74, 6) is 0.545. The van der Waals surface area contributed by atoms with Crippen LogP contribution in [0.2, 0.25) is 0 Å². The first-order chi connectivity index (χ1) is 13.2. The maximum atomic E-state index is 12.5. The van der Waals surface area contributed by atoms with E-state index in [1.54, 1.807) is 0 Å². The van der Waals surface area contributed by atoms with Gasteiger partial charge in [0.15, 0.2) is 0 Å². The fourth-order valence-corrected chi connectivity index (χ4v) is 3.80. The standard InChI is InChI=1S/C22H23N3O2.H2O/c26-20-19(17-13-11-16(12-14-17)15-7-3-1-4-8-15)21(27)25-22(24-20)23-18-9-5-2-6-10-18;/h2,5-6,9-15H,1,3-4,7-8H2,(H3,23,24,25,26,27);1H2. The summed E-state index contributed by atoms with van der Waals surface area (Å²) in [6.45, 7) is 0. The minimum Gasteiger partial charge on any atom is -0.493 e. The van der Waals surface area contributed by atoms with Crippen molar-refractivity contribution in [2.75, 3.05) is 5.32 Å². The lowest BCUT2D eigenvalue weighted by molar-refractivity contribution is 0.443. The molecule has 6 heteroatoms. The number of benzene rings is 2. The Balaban J connectivity index is 0.00000225. The van der Waals surface area contributed by atoms with Crippen molar-refractivity contribution in [1.29, 1.82) is 0 Å². The van der Waals surface area contributed by atoms with Gasteiger partial charge in [0.1, 0.15) is 5.56 Å². The summed E-state index contributed by atoms with van der Waals surface area (Å²) >= 11 is 0. The van der Waals surface area contributed by atoms with Crippen LogP contribution in [0.1, 0.15) is 43.6 Å². The van der Waals surface area contributed by atoms with E-state index < -0.39 is 0 Å². The minimum absolute atomic E-state index is 0. The van der Waals surface area contributed by atoms with E-state index in [-0.39, 0.29) is 28.4 Å². The molecule has 0 aliphatic heterocycles. The van der Waals surface area contributed by atoms with Crippen molar-refractivity contribution in [3.8, 4) is 17.0 Å². The molecule has 1 saturated carbocycles. The average Bonchev–Trinajstić information content (AvgIpc) is 2.69. The molecular weight excluding hydrogens is 354 g/mol. The predicted octanol–water partition coefficient (Wildman–Crippen LogP) is 4.11. The Bertz CT molecular complexity index is 963. The molecule has 3 aromatic rings. The van der Waals surface area contributed by atoms with Gasteiger partial charge in [0, 0.05) is 5.69 Å². The van der Waals surface area contributed by atoms with Gasteiger partial charge in [0.2, 0.25) is 11.8 Å². The van der Waals surface area contributed by atoms with Crippen LogP contribution in [0.4, 0.5) is 11.6 Å². The lowest BCUT2D eigenvalue weighted by Gasteiger charge is -2.22. The molecule has 146 valence electrons. The molecule has 0 unspecified atom stereocenters. The first kappa shape index (κ1) is 19.6. The second-order valence-corrected chi connectivity index (χ2v) is 7.06. The summed E-state index contributed by atoms with van der Waals surface area (Å²) < 4.78 is 0. The number of anilines is 2. The van der Waals surface area contributed by atoms with E-state index in [0.717, 1.165) is 5.69 Å². The number of H-pyrrole nitrogens is 1. The SMILES string of the molecule is O.O=c1[nH]c(Nc2ccccc2)nc(O)c1-c1ccc(C2CCCCC2)cc1. The van der Waals surface area contributed by atoms with Crippen LogP contribution in [-0.2, 0) is 0 Å². The van der Waals surface area contributed by atoms with Crippen LogP contribution in [0, 0.1) is 0 Å². The maximum Gasteiger partial charge on any atom is 0.264 e. The third-order valence-corrected chi connectivity index (χ3v) is 5.21. The summed E-state index contributed by atoms with van der Waals surface area (Å²) in [7, 11) is 0. The average molecular weight is 379 g/mol. The fourth-order valence-electron chi connectivity index (χ4n) is 3.80. The van der Waals surface area contributed by atoms with E-state index in [2.05, 4.69) is 27.4 Å². The highest BCUT2D eigenvalue weighted by molar-refractivity contribution is 5.69. The first-order valence-corrected chi connectivity index (χ1v) is 9.46. The van der Waals surface area contributed by atoms with E-state index in [0.29, 0.717) is 11.5 Å². The Labute approximate surface area is 163 Å². The second-order valence-electron chi connectivity index (χ2n) is 7.06. The smallest absolute Gasteiger partial charge is 0.264 e. The second kappa shape index (κ2) is 8.71. The molecule has 0 radical (unpaired) electrons. The third-order valence-electron chi connectivity index (χ3n) is 5.21. The van der Waals surface area contributed by atoms with Gasteiger partial charge in [-0.2, -0.15) is 4.98 Å². The van der Waals surface area contributed by atoms with Gasteiger partial charge in [-0.15, -0.1) is 0 Å². The molecule has 4 rings (SSSR count). The van der Waals surface area contributed by atoms with Crippen LogP contribution in [0.5, 0.6) is 5.88 Å². The van der Waals surface area contributed by atoms with Crippen LogP contribution < -0.4 is 10.9 Å². The molecule has 0 saturated heterocycles.